The van der Waals surface area contributed by atoms with E-state index in [1.165, 1.54) is 6.20 Å². The summed E-state index contributed by atoms with van der Waals surface area (Å²) < 4.78 is 6.65. The maximum atomic E-state index is 12.6. The number of aliphatic hydroxyl groups excluding tert-OH is 1. The number of carbonyl (C=O) groups excluding carboxylic acids is 1. The topological polar surface area (TPSA) is 80.0 Å². The maximum Gasteiger partial charge on any atom is 0.259 e. The number of aryl methyl sites for hydroxylation is 2. The van der Waals surface area contributed by atoms with Gasteiger partial charge in [-0.2, -0.15) is 5.10 Å². The summed E-state index contributed by atoms with van der Waals surface area (Å²) in [5.74, 6) is -0.200. The first kappa shape index (κ1) is 15.4. The van der Waals surface area contributed by atoms with Crippen LogP contribution in [-0.2, 0) is 4.74 Å². The van der Waals surface area contributed by atoms with E-state index in [-0.39, 0.29) is 19.1 Å². The van der Waals surface area contributed by atoms with Gasteiger partial charge in [0.05, 0.1) is 19.4 Å². The Morgan fingerprint density at radius 3 is 2.86 bits per heavy atom. The van der Waals surface area contributed by atoms with Crippen LogP contribution in [0.15, 0.2) is 12.3 Å². The van der Waals surface area contributed by atoms with Gasteiger partial charge in [-0.15, -0.1) is 0 Å². The van der Waals surface area contributed by atoms with Crippen LogP contribution in [0.25, 0.3) is 5.65 Å². The van der Waals surface area contributed by atoms with E-state index in [0.717, 1.165) is 11.4 Å². The summed E-state index contributed by atoms with van der Waals surface area (Å²) in [7, 11) is 1.57. The molecule has 0 saturated heterocycles. The third-order valence-electron chi connectivity index (χ3n) is 3.23. The number of rotatable bonds is 6. The highest BCUT2D eigenvalue weighted by atomic mass is 16.5. The Kier molecular flexibility index (Phi) is 4.87. The Balaban J connectivity index is 2.37. The molecule has 2 rings (SSSR count). The summed E-state index contributed by atoms with van der Waals surface area (Å²) in [6, 6.07) is 1.91. The second-order valence-electron chi connectivity index (χ2n) is 4.84. The average molecular weight is 292 g/mol. The number of methoxy groups -OCH3 is 1. The van der Waals surface area contributed by atoms with Crippen molar-refractivity contribution >= 4 is 11.6 Å². The highest BCUT2D eigenvalue weighted by Gasteiger charge is 2.21. The van der Waals surface area contributed by atoms with Crippen LogP contribution in [-0.4, -0.2) is 63.9 Å². The number of fused-ring (bicyclic) bond motifs is 1. The lowest BCUT2D eigenvalue weighted by Crippen LogP contribution is -2.36. The van der Waals surface area contributed by atoms with Crippen molar-refractivity contribution in [3.8, 4) is 0 Å². The fraction of sp³-hybridized carbons (Fsp3) is 0.500. The van der Waals surface area contributed by atoms with Gasteiger partial charge in [0.25, 0.3) is 5.91 Å². The normalized spacial score (nSPS) is 11.0. The molecule has 1 N–H and O–H groups in total. The van der Waals surface area contributed by atoms with Crippen molar-refractivity contribution in [2.75, 3.05) is 33.4 Å². The molecule has 1 amide bonds. The van der Waals surface area contributed by atoms with Crippen molar-refractivity contribution < 1.29 is 14.6 Å². The molecule has 7 heteroatoms. The number of hydrogen-bond acceptors (Lipinski definition) is 5. The van der Waals surface area contributed by atoms with Crippen molar-refractivity contribution in [3.05, 3.63) is 29.2 Å². The van der Waals surface area contributed by atoms with Crippen molar-refractivity contribution in [3.63, 3.8) is 0 Å². The largest absolute Gasteiger partial charge is 0.395 e. The van der Waals surface area contributed by atoms with Crippen molar-refractivity contribution in [2.45, 2.75) is 13.8 Å². The van der Waals surface area contributed by atoms with Gasteiger partial charge in [-0.25, -0.2) is 9.50 Å². The molecule has 2 aromatic rings. The molecular weight excluding hydrogens is 272 g/mol. The molecule has 0 spiro atoms. The monoisotopic (exact) mass is 292 g/mol. The molecule has 0 radical (unpaired) electrons. The van der Waals surface area contributed by atoms with Crippen LogP contribution in [0.5, 0.6) is 0 Å². The number of aromatic nitrogens is 3. The second-order valence-corrected chi connectivity index (χ2v) is 4.84. The van der Waals surface area contributed by atoms with Gasteiger partial charge in [-0.1, -0.05) is 0 Å². The van der Waals surface area contributed by atoms with Crippen molar-refractivity contribution in [1.29, 1.82) is 0 Å². The van der Waals surface area contributed by atoms with Crippen LogP contribution in [0.2, 0.25) is 0 Å². The zero-order chi connectivity index (χ0) is 15.4. The van der Waals surface area contributed by atoms with Crippen LogP contribution >= 0.6 is 0 Å². The summed E-state index contributed by atoms with van der Waals surface area (Å²) in [6.45, 7) is 4.78. The molecule has 2 aromatic heterocycles. The van der Waals surface area contributed by atoms with E-state index in [1.807, 2.05) is 19.9 Å². The average Bonchev–Trinajstić information content (AvgIpc) is 2.86. The van der Waals surface area contributed by atoms with Gasteiger partial charge in [0.1, 0.15) is 5.56 Å². The van der Waals surface area contributed by atoms with E-state index in [2.05, 4.69) is 10.1 Å². The Morgan fingerprint density at radius 2 is 2.19 bits per heavy atom. The zero-order valence-corrected chi connectivity index (χ0v) is 12.5. The van der Waals surface area contributed by atoms with E-state index < -0.39 is 0 Å². The molecule has 0 aliphatic carbocycles. The second kappa shape index (κ2) is 6.64. The molecule has 21 heavy (non-hydrogen) atoms. The van der Waals surface area contributed by atoms with Crippen LogP contribution in [0, 0.1) is 13.8 Å². The zero-order valence-electron chi connectivity index (χ0n) is 12.5. The van der Waals surface area contributed by atoms with E-state index in [4.69, 9.17) is 9.84 Å². The Morgan fingerprint density at radius 1 is 1.43 bits per heavy atom. The molecule has 0 unspecified atom stereocenters. The van der Waals surface area contributed by atoms with Crippen LogP contribution in [0.4, 0.5) is 0 Å². The highest BCUT2D eigenvalue weighted by Crippen LogP contribution is 2.14. The molecule has 0 fully saturated rings. The highest BCUT2D eigenvalue weighted by molar-refractivity contribution is 5.99. The fourth-order valence-corrected chi connectivity index (χ4v) is 2.23. The van der Waals surface area contributed by atoms with Crippen molar-refractivity contribution in [1.82, 2.24) is 19.5 Å². The Bertz CT molecular complexity index is 638. The SMILES string of the molecule is COCCN(CCO)C(=O)c1cnn2c(C)cc(C)nc12. The van der Waals surface area contributed by atoms with Crippen LogP contribution in [0.3, 0.4) is 0 Å². The predicted molar refractivity (Wildman–Crippen MR) is 77.3 cm³/mol. The minimum atomic E-state index is -0.200. The number of hydrogen-bond donors (Lipinski definition) is 1. The molecule has 7 nitrogen and oxygen atoms in total. The summed E-state index contributed by atoms with van der Waals surface area (Å²) in [5, 5.41) is 13.3. The molecule has 0 aromatic carbocycles. The molecule has 0 aliphatic rings. The van der Waals surface area contributed by atoms with E-state index in [0.29, 0.717) is 24.4 Å². The third kappa shape index (κ3) is 3.20. The lowest BCUT2D eigenvalue weighted by Gasteiger charge is -2.20. The number of ether oxygens (including phenoxy) is 1. The van der Waals surface area contributed by atoms with E-state index in [9.17, 15) is 4.79 Å². The standard InChI is InChI=1S/C14H20N4O3/c1-10-8-11(2)18-13(16-10)12(9-15-18)14(20)17(4-6-19)5-7-21-3/h8-9,19H,4-7H2,1-3H3. The molecule has 0 aliphatic heterocycles. The summed E-state index contributed by atoms with van der Waals surface area (Å²) in [5.41, 5.74) is 2.73. The van der Waals surface area contributed by atoms with Gasteiger partial charge in [-0.05, 0) is 19.9 Å². The molecule has 0 bridgehead atoms. The molecular formula is C14H20N4O3. The molecule has 114 valence electrons. The first-order valence-corrected chi connectivity index (χ1v) is 6.79. The maximum absolute atomic E-state index is 12.6. The van der Waals surface area contributed by atoms with Gasteiger partial charge in [0.15, 0.2) is 5.65 Å². The first-order valence-electron chi connectivity index (χ1n) is 6.79. The first-order chi connectivity index (χ1) is 10.1. The minimum absolute atomic E-state index is 0.0971. The van der Waals surface area contributed by atoms with Crippen molar-refractivity contribution in [2.24, 2.45) is 0 Å². The van der Waals surface area contributed by atoms with Gasteiger partial charge < -0.3 is 14.7 Å². The van der Waals surface area contributed by atoms with Gasteiger partial charge >= 0.3 is 0 Å². The van der Waals surface area contributed by atoms with Gasteiger partial charge in [0, 0.05) is 31.6 Å². The van der Waals surface area contributed by atoms with E-state index >= 15 is 0 Å². The van der Waals surface area contributed by atoms with Crippen LogP contribution < -0.4 is 0 Å². The summed E-state index contributed by atoms with van der Waals surface area (Å²) in [4.78, 5) is 18.5. The number of amides is 1. The predicted octanol–water partition coefficient (Wildman–Crippen LogP) is 0.427. The van der Waals surface area contributed by atoms with Gasteiger partial charge in [0.2, 0.25) is 0 Å². The fourth-order valence-electron chi connectivity index (χ4n) is 2.23. The Hall–Kier alpha value is -1.99. The summed E-state index contributed by atoms with van der Waals surface area (Å²) in [6.07, 6.45) is 1.52. The number of nitrogens with zero attached hydrogens (tertiary/aromatic N) is 4. The van der Waals surface area contributed by atoms with Crippen LogP contribution in [0.1, 0.15) is 21.7 Å². The minimum Gasteiger partial charge on any atom is -0.395 e. The number of aliphatic hydroxyl groups is 1. The molecule has 0 atom stereocenters. The van der Waals surface area contributed by atoms with E-state index in [1.54, 1.807) is 16.5 Å². The smallest absolute Gasteiger partial charge is 0.259 e. The quantitative estimate of drug-likeness (QED) is 0.835. The number of carbonyl (C=O) groups is 1. The molecule has 0 saturated carbocycles. The lowest BCUT2D eigenvalue weighted by molar-refractivity contribution is 0.0658. The molecule has 2 heterocycles. The summed E-state index contributed by atoms with van der Waals surface area (Å²) >= 11 is 0. The lowest BCUT2D eigenvalue weighted by atomic mass is 10.2. The Labute approximate surface area is 123 Å². The third-order valence-corrected chi connectivity index (χ3v) is 3.23. The van der Waals surface area contributed by atoms with Gasteiger partial charge in [-0.3, -0.25) is 4.79 Å².